The Morgan fingerprint density at radius 1 is 1.12 bits per heavy atom. The van der Waals surface area contributed by atoms with Gasteiger partial charge in [-0.1, -0.05) is 33.8 Å². The molecule has 2 saturated heterocycles. The predicted octanol–water partition coefficient (Wildman–Crippen LogP) is 2.76. The van der Waals surface area contributed by atoms with E-state index in [0.29, 0.717) is 17.5 Å². The van der Waals surface area contributed by atoms with Crippen LogP contribution in [0.15, 0.2) is 12.1 Å². The number of carbonyl (C=O) groups is 1. The highest BCUT2D eigenvalue weighted by atomic mass is 16.3. The van der Waals surface area contributed by atoms with E-state index < -0.39 is 0 Å². The first-order chi connectivity index (χ1) is 12.4. The number of phenolic OH excluding ortho intramolecular Hbond substituents is 1. The molecule has 1 aromatic rings. The second-order valence-corrected chi connectivity index (χ2v) is 8.29. The van der Waals surface area contributed by atoms with Crippen molar-refractivity contribution < 1.29 is 9.90 Å². The van der Waals surface area contributed by atoms with Crippen LogP contribution in [0.4, 0.5) is 0 Å². The van der Waals surface area contributed by atoms with E-state index >= 15 is 0 Å². The first kappa shape index (κ1) is 19.2. The zero-order chi connectivity index (χ0) is 18.8. The van der Waals surface area contributed by atoms with E-state index in [1.807, 2.05) is 17.0 Å². The molecule has 1 unspecified atom stereocenters. The number of rotatable bonds is 4. The molecule has 1 aromatic carbocycles. The lowest BCUT2D eigenvalue weighted by Gasteiger charge is -2.38. The number of hydrogen-bond donors (Lipinski definition) is 2. The van der Waals surface area contributed by atoms with E-state index in [0.717, 1.165) is 50.4 Å². The van der Waals surface area contributed by atoms with Crippen LogP contribution in [-0.4, -0.2) is 66.1 Å². The zero-order valence-corrected chi connectivity index (χ0v) is 16.6. The summed E-state index contributed by atoms with van der Waals surface area (Å²) in [5.74, 6) is 0.645. The monoisotopic (exact) mass is 359 g/mol. The Morgan fingerprint density at radius 2 is 1.81 bits per heavy atom. The normalized spacial score (nSPS) is 21.8. The van der Waals surface area contributed by atoms with Crippen LogP contribution in [0.3, 0.4) is 0 Å². The van der Waals surface area contributed by atoms with E-state index in [-0.39, 0.29) is 17.6 Å². The van der Waals surface area contributed by atoms with Crippen LogP contribution in [-0.2, 0) is 0 Å². The molecule has 5 heteroatoms. The van der Waals surface area contributed by atoms with Gasteiger partial charge < -0.3 is 15.3 Å². The maximum atomic E-state index is 13.1. The molecule has 2 aliphatic heterocycles. The van der Waals surface area contributed by atoms with Crippen LogP contribution in [0.5, 0.6) is 5.75 Å². The Hall–Kier alpha value is -1.59. The molecule has 0 aliphatic carbocycles. The minimum absolute atomic E-state index is 0.0314. The number of phenols is 1. The number of nitrogens with zero attached hydrogens (tertiary/aromatic N) is 2. The smallest absolute Gasteiger partial charge is 0.257 e. The lowest BCUT2D eigenvalue weighted by molar-refractivity contribution is 0.0581. The molecule has 144 valence electrons. The second kappa shape index (κ2) is 7.97. The summed E-state index contributed by atoms with van der Waals surface area (Å²) >= 11 is 0. The van der Waals surface area contributed by atoms with Gasteiger partial charge in [0.25, 0.3) is 5.91 Å². The summed E-state index contributed by atoms with van der Waals surface area (Å²) in [6, 6.07) is 4.55. The molecule has 0 spiro atoms. The molecule has 1 atom stereocenters. The molecule has 1 amide bonds. The van der Waals surface area contributed by atoms with Gasteiger partial charge in [-0.25, -0.2) is 0 Å². The third-order valence-electron chi connectivity index (χ3n) is 5.83. The molecule has 2 heterocycles. The van der Waals surface area contributed by atoms with Crippen LogP contribution >= 0.6 is 0 Å². The Balaban J connectivity index is 1.77. The van der Waals surface area contributed by atoms with Crippen molar-refractivity contribution in [1.82, 2.24) is 15.1 Å². The molecule has 0 saturated carbocycles. The number of benzene rings is 1. The van der Waals surface area contributed by atoms with Crippen molar-refractivity contribution in [2.45, 2.75) is 52.0 Å². The molecule has 0 radical (unpaired) electrons. The molecule has 0 aromatic heterocycles. The van der Waals surface area contributed by atoms with Crippen LogP contribution in [0.2, 0.25) is 0 Å². The molecule has 26 heavy (non-hydrogen) atoms. The molecular weight excluding hydrogens is 326 g/mol. The Bertz CT molecular complexity index is 643. The third kappa shape index (κ3) is 3.89. The van der Waals surface area contributed by atoms with Gasteiger partial charge in [-0.3, -0.25) is 9.69 Å². The molecule has 0 bridgehead atoms. The van der Waals surface area contributed by atoms with Crippen LogP contribution in [0, 0.1) is 0 Å². The molecular formula is C21H33N3O2. The third-order valence-corrected chi connectivity index (χ3v) is 5.83. The van der Waals surface area contributed by atoms with Crippen molar-refractivity contribution in [3.05, 3.63) is 28.8 Å². The molecule has 2 aliphatic rings. The standard InChI is InChI=1S/C21H33N3O2/c1-14(2)16-11-18(15(3)4)20(25)19(12-16)21(26)24-9-7-23(8-10-24)17-5-6-22-13-17/h11-12,14-15,17,22,25H,5-10,13H2,1-4H3. The van der Waals surface area contributed by atoms with Gasteiger partial charge in [0.2, 0.25) is 0 Å². The van der Waals surface area contributed by atoms with Gasteiger partial charge in [0.05, 0.1) is 5.56 Å². The van der Waals surface area contributed by atoms with E-state index in [4.69, 9.17) is 0 Å². The lowest BCUT2D eigenvalue weighted by atomic mass is 9.91. The number of carbonyl (C=O) groups excluding carboxylic acids is 1. The van der Waals surface area contributed by atoms with E-state index in [1.165, 1.54) is 6.42 Å². The number of piperazine rings is 1. The van der Waals surface area contributed by atoms with Crippen molar-refractivity contribution in [2.24, 2.45) is 0 Å². The number of amides is 1. The summed E-state index contributed by atoms with van der Waals surface area (Å²) in [7, 11) is 0. The summed E-state index contributed by atoms with van der Waals surface area (Å²) in [4.78, 5) is 17.5. The fraction of sp³-hybridized carbons (Fsp3) is 0.667. The van der Waals surface area contributed by atoms with Crippen molar-refractivity contribution >= 4 is 5.91 Å². The second-order valence-electron chi connectivity index (χ2n) is 8.29. The Kier molecular flexibility index (Phi) is 5.88. The highest BCUT2D eigenvalue weighted by Crippen LogP contribution is 2.34. The fourth-order valence-corrected chi connectivity index (χ4v) is 4.03. The average molecular weight is 360 g/mol. The fourth-order valence-electron chi connectivity index (χ4n) is 4.03. The maximum Gasteiger partial charge on any atom is 0.257 e. The van der Waals surface area contributed by atoms with Gasteiger partial charge in [-0.2, -0.15) is 0 Å². The lowest BCUT2D eigenvalue weighted by Crippen LogP contribution is -2.52. The summed E-state index contributed by atoms with van der Waals surface area (Å²) in [5, 5.41) is 14.1. The van der Waals surface area contributed by atoms with Crippen molar-refractivity contribution in [3.63, 3.8) is 0 Å². The highest BCUT2D eigenvalue weighted by molar-refractivity contribution is 5.97. The van der Waals surface area contributed by atoms with Crippen LogP contribution in [0.25, 0.3) is 0 Å². The van der Waals surface area contributed by atoms with Gasteiger partial charge in [0, 0.05) is 38.8 Å². The predicted molar refractivity (Wildman–Crippen MR) is 105 cm³/mol. The van der Waals surface area contributed by atoms with E-state index in [9.17, 15) is 9.90 Å². The summed E-state index contributed by atoms with van der Waals surface area (Å²) in [6.45, 7) is 13.8. The van der Waals surface area contributed by atoms with E-state index in [1.54, 1.807) is 0 Å². The summed E-state index contributed by atoms with van der Waals surface area (Å²) in [5.41, 5.74) is 2.46. The first-order valence-corrected chi connectivity index (χ1v) is 9.99. The van der Waals surface area contributed by atoms with Gasteiger partial charge >= 0.3 is 0 Å². The van der Waals surface area contributed by atoms with Gasteiger partial charge in [-0.05, 0) is 42.0 Å². The highest BCUT2D eigenvalue weighted by Gasteiger charge is 2.30. The van der Waals surface area contributed by atoms with Crippen LogP contribution < -0.4 is 5.32 Å². The van der Waals surface area contributed by atoms with Gasteiger partial charge in [0.15, 0.2) is 0 Å². The molecule has 2 N–H and O–H groups in total. The largest absolute Gasteiger partial charge is 0.507 e. The minimum atomic E-state index is -0.0314. The minimum Gasteiger partial charge on any atom is -0.507 e. The molecule has 2 fully saturated rings. The van der Waals surface area contributed by atoms with Crippen LogP contribution in [0.1, 0.15) is 67.4 Å². The topological polar surface area (TPSA) is 55.8 Å². The molecule has 3 rings (SSSR count). The number of hydrogen-bond acceptors (Lipinski definition) is 4. The molecule has 5 nitrogen and oxygen atoms in total. The SMILES string of the molecule is CC(C)c1cc(C(=O)N2CCN(C3CCNC3)CC2)c(O)c(C(C)C)c1. The van der Waals surface area contributed by atoms with Crippen molar-refractivity contribution in [2.75, 3.05) is 39.3 Å². The first-order valence-electron chi connectivity index (χ1n) is 9.99. The summed E-state index contributed by atoms with van der Waals surface area (Å²) in [6.07, 6.45) is 1.20. The quantitative estimate of drug-likeness (QED) is 0.868. The summed E-state index contributed by atoms with van der Waals surface area (Å²) < 4.78 is 0. The zero-order valence-electron chi connectivity index (χ0n) is 16.6. The number of nitrogens with one attached hydrogen (secondary N) is 1. The average Bonchev–Trinajstić information content (AvgIpc) is 3.15. The van der Waals surface area contributed by atoms with Crippen molar-refractivity contribution in [1.29, 1.82) is 0 Å². The Morgan fingerprint density at radius 3 is 2.35 bits per heavy atom. The van der Waals surface area contributed by atoms with Gasteiger partial charge in [0.1, 0.15) is 5.75 Å². The van der Waals surface area contributed by atoms with E-state index in [2.05, 4.69) is 37.9 Å². The van der Waals surface area contributed by atoms with Crippen molar-refractivity contribution in [3.8, 4) is 5.75 Å². The van der Waals surface area contributed by atoms with Gasteiger partial charge in [-0.15, -0.1) is 0 Å². The Labute approximate surface area is 157 Å². The number of aromatic hydroxyl groups is 1. The maximum absolute atomic E-state index is 13.1.